The smallest absolute Gasteiger partial charge is 0.306 e. The highest BCUT2D eigenvalue weighted by atomic mass is 16.4. The lowest BCUT2D eigenvalue weighted by atomic mass is 9.95. The third-order valence-electron chi connectivity index (χ3n) is 2.53. The lowest BCUT2D eigenvalue weighted by molar-refractivity contribution is -0.141. The molecule has 0 aliphatic rings. The van der Waals surface area contributed by atoms with Crippen molar-refractivity contribution in [3.05, 3.63) is 0 Å². The van der Waals surface area contributed by atoms with Gasteiger partial charge in [0.05, 0.1) is 5.92 Å². The van der Waals surface area contributed by atoms with Gasteiger partial charge in [-0.05, 0) is 18.8 Å². The predicted molar refractivity (Wildman–Crippen MR) is 67.0 cm³/mol. The van der Waals surface area contributed by atoms with E-state index >= 15 is 0 Å². The molecule has 0 aliphatic heterocycles. The maximum Gasteiger partial charge on any atom is 0.306 e. The molecule has 0 bridgehead atoms. The SMILES string of the molecule is CC(C)CC(C)C#CC(C)CC(C)C(=O)O. The molecule has 16 heavy (non-hydrogen) atoms. The number of rotatable bonds is 5. The second kappa shape index (κ2) is 7.33. The molecule has 0 fully saturated rings. The van der Waals surface area contributed by atoms with E-state index in [0.717, 1.165) is 6.42 Å². The Bertz CT molecular complexity index is 270. The molecular weight excluding hydrogens is 200 g/mol. The van der Waals surface area contributed by atoms with Crippen molar-refractivity contribution in [3.8, 4) is 11.8 Å². The van der Waals surface area contributed by atoms with Gasteiger partial charge in [-0.3, -0.25) is 4.79 Å². The standard InChI is InChI=1S/C14H24O2/c1-10(2)8-11(3)6-7-12(4)9-13(5)14(15)16/h10-13H,8-9H2,1-5H3,(H,15,16). The van der Waals surface area contributed by atoms with Gasteiger partial charge in [-0.15, -0.1) is 0 Å². The molecule has 92 valence electrons. The van der Waals surface area contributed by atoms with E-state index in [-0.39, 0.29) is 11.8 Å². The molecule has 0 aromatic carbocycles. The Labute approximate surface area is 99.4 Å². The van der Waals surface area contributed by atoms with Crippen LogP contribution in [0.4, 0.5) is 0 Å². The van der Waals surface area contributed by atoms with Crippen molar-refractivity contribution >= 4 is 5.97 Å². The number of aliphatic carboxylic acids is 1. The second-order valence-corrected chi connectivity index (χ2v) is 5.20. The fraction of sp³-hybridized carbons (Fsp3) is 0.786. The lowest BCUT2D eigenvalue weighted by Crippen LogP contribution is -2.12. The minimum absolute atomic E-state index is 0.167. The van der Waals surface area contributed by atoms with Gasteiger partial charge in [0.1, 0.15) is 0 Å². The zero-order chi connectivity index (χ0) is 12.7. The van der Waals surface area contributed by atoms with E-state index in [0.29, 0.717) is 18.3 Å². The first kappa shape index (κ1) is 15.0. The van der Waals surface area contributed by atoms with E-state index in [1.165, 1.54) is 0 Å². The second-order valence-electron chi connectivity index (χ2n) is 5.20. The Balaban J connectivity index is 4.08. The lowest BCUT2D eigenvalue weighted by Gasteiger charge is -2.09. The van der Waals surface area contributed by atoms with Crippen LogP contribution >= 0.6 is 0 Å². The highest BCUT2D eigenvalue weighted by Crippen LogP contribution is 2.13. The summed E-state index contributed by atoms with van der Waals surface area (Å²) in [5, 5.41) is 8.78. The van der Waals surface area contributed by atoms with Crippen LogP contribution in [0.5, 0.6) is 0 Å². The molecule has 0 amide bonds. The molecule has 0 heterocycles. The molecule has 3 atom stereocenters. The molecule has 3 unspecified atom stereocenters. The molecular formula is C14H24O2. The molecule has 0 spiro atoms. The average molecular weight is 224 g/mol. The van der Waals surface area contributed by atoms with Crippen LogP contribution in [0.15, 0.2) is 0 Å². The highest BCUT2D eigenvalue weighted by Gasteiger charge is 2.13. The van der Waals surface area contributed by atoms with Gasteiger partial charge < -0.3 is 5.11 Å². The van der Waals surface area contributed by atoms with Crippen LogP contribution < -0.4 is 0 Å². The Morgan fingerprint density at radius 2 is 1.44 bits per heavy atom. The predicted octanol–water partition coefficient (Wildman–Crippen LogP) is 3.42. The van der Waals surface area contributed by atoms with E-state index in [4.69, 9.17) is 5.11 Å². The first-order valence-electron chi connectivity index (χ1n) is 6.06. The fourth-order valence-corrected chi connectivity index (χ4v) is 1.74. The average Bonchev–Trinajstić information content (AvgIpc) is 2.13. The summed E-state index contributed by atoms with van der Waals surface area (Å²) in [7, 11) is 0. The van der Waals surface area contributed by atoms with Crippen molar-refractivity contribution < 1.29 is 9.90 Å². The van der Waals surface area contributed by atoms with Gasteiger partial charge in [-0.25, -0.2) is 0 Å². The summed E-state index contributed by atoms with van der Waals surface area (Å²) in [6, 6.07) is 0. The summed E-state index contributed by atoms with van der Waals surface area (Å²) in [6.45, 7) is 10.2. The van der Waals surface area contributed by atoms with Crippen molar-refractivity contribution in [1.82, 2.24) is 0 Å². The molecule has 0 radical (unpaired) electrons. The van der Waals surface area contributed by atoms with Crippen molar-refractivity contribution in [2.75, 3.05) is 0 Å². The maximum atomic E-state index is 10.7. The third kappa shape index (κ3) is 7.34. The molecule has 2 heteroatoms. The van der Waals surface area contributed by atoms with Crippen LogP contribution in [0.1, 0.15) is 47.5 Å². The Morgan fingerprint density at radius 3 is 1.81 bits per heavy atom. The Hall–Kier alpha value is -0.970. The number of carboxylic acid groups (broad SMARTS) is 1. The van der Waals surface area contributed by atoms with Gasteiger partial charge in [0, 0.05) is 11.8 Å². The molecule has 2 nitrogen and oxygen atoms in total. The molecule has 0 aromatic heterocycles. The van der Waals surface area contributed by atoms with Gasteiger partial charge in [0.2, 0.25) is 0 Å². The zero-order valence-corrected chi connectivity index (χ0v) is 11.1. The third-order valence-corrected chi connectivity index (χ3v) is 2.53. The molecule has 0 saturated heterocycles. The van der Waals surface area contributed by atoms with E-state index in [2.05, 4.69) is 32.6 Å². The molecule has 0 rings (SSSR count). The van der Waals surface area contributed by atoms with E-state index < -0.39 is 5.97 Å². The minimum Gasteiger partial charge on any atom is -0.481 e. The summed E-state index contributed by atoms with van der Waals surface area (Å²) in [4.78, 5) is 10.7. The van der Waals surface area contributed by atoms with Crippen LogP contribution in [-0.2, 0) is 4.79 Å². The van der Waals surface area contributed by atoms with E-state index in [1.54, 1.807) is 6.92 Å². The largest absolute Gasteiger partial charge is 0.481 e. The molecule has 0 aliphatic carbocycles. The fourth-order valence-electron chi connectivity index (χ4n) is 1.74. The van der Waals surface area contributed by atoms with Gasteiger partial charge >= 0.3 is 5.97 Å². The monoisotopic (exact) mass is 224 g/mol. The van der Waals surface area contributed by atoms with Crippen molar-refractivity contribution in [3.63, 3.8) is 0 Å². The number of hydrogen-bond donors (Lipinski definition) is 1. The first-order valence-corrected chi connectivity index (χ1v) is 6.06. The molecule has 0 aromatic rings. The zero-order valence-electron chi connectivity index (χ0n) is 11.1. The summed E-state index contributed by atoms with van der Waals surface area (Å²) < 4.78 is 0. The van der Waals surface area contributed by atoms with Crippen LogP contribution in [0.3, 0.4) is 0 Å². The van der Waals surface area contributed by atoms with E-state index in [1.807, 2.05) is 6.92 Å². The number of carbonyl (C=O) groups is 1. The van der Waals surface area contributed by atoms with Crippen molar-refractivity contribution in [2.24, 2.45) is 23.7 Å². The molecule has 0 saturated carbocycles. The van der Waals surface area contributed by atoms with Gasteiger partial charge in [-0.1, -0.05) is 46.5 Å². The summed E-state index contributed by atoms with van der Waals surface area (Å²) in [5.74, 6) is 6.58. The van der Waals surface area contributed by atoms with Crippen LogP contribution in [0, 0.1) is 35.5 Å². The van der Waals surface area contributed by atoms with Crippen molar-refractivity contribution in [2.45, 2.75) is 47.5 Å². The van der Waals surface area contributed by atoms with Crippen LogP contribution in [0.2, 0.25) is 0 Å². The first-order chi connectivity index (χ1) is 7.32. The van der Waals surface area contributed by atoms with Crippen LogP contribution in [0.25, 0.3) is 0 Å². The van der Waals surface area contributed by atoms with E-state index in [9.17, 15) is 4.79 Å². The topological polar surface area (TPSA) is 37.3 Å². The normalized spacial score (nSPS) is 16.1. The minimum atomic E-state index is -0.733. The summed E-state index contributed by atoms with van der Waals surface area (Å²) in [6.07, 6.45) is 1.74. The number of carboxylic acids is 1. The van der Waals surface area contributed by atoms with Crippen molar-refractivity contribution in [1.29, 1.82) is 0 Å². The highest BCUT2D eigenvalue weighted by molar-refractivity contribution is 5.69. The Kier molecular flexibility index (Phi) is 6.88. The van der Waals surface area contributed by atoms with Gasteiger partial charge in [0.15, 0.2) is 0 Å². The quantitative estimate of drug-likeness (QED) is 0.726. The summed E-state index contributed by atoms with van der Waals surface area (Å²) in [5.41, 5.74) is 0. The molecule has 1 N–H and O–H groups in total. The van der Waals surface area contributed by atoms with Crippen LogP contribution in [-0.4, -0.2) is 11.1 Å². The number of hydrogen-bond acceptors (Lipinski definition) is 1. The van der Waals surface area contributed by atoms with Gasteiger partial charge in [0.25, 0.3) is 0 Å². The Morgan fingerprint density at radius 1 is 1.00 bits per heavy atom. The summed E-state index contributed by atoms with van der Waals surface area (Å²) >= 11 is 0. The van der Waals surface area contributed by atoms with Gasteiger partial charge in [-0.2, -0.15) is 0 Å². The maximum absolute atomic E-state index is 10.7.